The number of benzene rings is 1. The van der Waals surface area contributed by atoms with Crippen molar-refractivity contribution in [2.75, 3.05) is 32.1 Å². The highest BCUT2D eigenvalue weighted by Gasteiger charge is 2.04. The van der Waals surface area contributed by atoms with E-state index in [1.54, 1.807) is 19.2 Å². The zero-order chi connectivity index (χ0) is 12.7. The second-order valence-corrected chi connectivity index (χ2v) is 4.24. The van der Waals surface area contributed by atoms with E-state index in [0.29, 0.717) is 23.3 Å². The number of methoxy groups -OCH3 is 1. The lowest BCUT2D eigenvalue weighted by atomic mass is 10.3. The molecule has 0 aromatic heterocycles. The van der Waals surface area contributed by atoms with Gasteiger partial charge in [-0.1, -0.05) is 15.9 Å². The van der Waals surface area contributed by atoms with Crippen molar-refractivity contribution in [3.05, 3.63) is 28.5 Å². The summed E-state index contributed by atoms with van der Waals surface area (Å²) in [7, 11) is 1.56. The summed E-state index contributed by atoms with van der Waals surface area (Å²) in [5.41, 5.74) is 0.301. The third kappa shape index (κ3) is 5.14. The maximum absolute atomic E-state index is 13.4. The summed E-state index contributed by atoms with van der Waals surface area (Å²) in [6.45, 7) is 0.931. The quantitative estimate of drug-likeness (QED) is 0.788. The molecular weight excluding hydrogens is 291 g/mol. The lowest BCUT2D eigenvalue weighted by molar-refractivity contribution is -0.119. The summed E-state index contributed by atoms with van der Waals surface area (Å²) >= 11 is 3.16. The van der Waals surface area contributed by atoms with Gasteiger partial charge in [0, 0.05) is 18.1 Å². The first-order valence-corrected chi connectivity index (χ1v) is 5.87. The van der Waals surface area contributed by atoms with Gasteiger partial charge >= 0.3 is 0 Å². The Morgan fingerprint density at radius 1 is 1.53 bits per heavy atom. The number of carbonyl (C=O) groups excluding carboxylic acids is 1. The molecule has 6 heteroatoms. The second kappa shape index (κ2) is 7.24. The van der Waals surface area contributed by atoms with Crippen LogP contribution in [0.4, 0.5) is 10.1 Å². The van der Waals surface area contributed by atoms with Gasteiger partial charge in [-0.25, -0.2) is 4.39 Å². The SMILES string of the molecule is COCCNC(=O)CNc1ccc(Br)cc1F. The minimum atomic E-state index is -0.399. The Morgan fingerprint density at radius 3 is 2.94 bits per heavy atom. The molecule has 0 atom stereocenters. The number of carbonyl (C=O) groups is 1. The van der Waals surface area contributed by atoms with E-state index in [-0.39, 0.29) is 12.5 Å². The van der Waals surface area contributed by atoms with Gasteiger partial charge in [0.25, 0.3) is 0 Å². The average Bonchev–Trinajstić information content (AvgIpc) is 2.28. The molecule has 2 N–H and O–H groups in total. The van der Waals surface area contributed by atoms with E-state index in [2.05, 4.69) is 26.6 Å². The Morgan fingerprint density at radius 2 is 2.29 bits per heavy atom. The molecule has 1 amide bonds. The molecule has 0 aliphatic carbocycles. The molecule has 1 aromatic carbocycles. The molecule has 0 fully saturated rings. The molecule has 1 aromatic rings. The van der Waals surface area contributed by atoms with E-state index in [1.807, 2.05) is 0 Å². The van der Waals surface area contributed by atoms with Gasteiger partial charge in [0.1, 0.15) is 5.82 Å². The van der Waals surface area contributed by atoms with Crippen LogP contribution in [0.1, 0.15) is 0 Å². The van der Waals surface area contributed by atoms with Gasteiger partial charge in [0.05, 0.1) is 18.8 Å². The third-order valence-corrected chi connectivity index (χ3v) is 2.49. The standard InChI is InChI=1S/C11H14BrFN2O2/c1-17-5-4-14-11(16)7-15-10-3-2-8(12)6-9(10)13/h2-3,6,15H,4-5,7H2,1H3,(H,14,16). The van der Waals surface area contributed by atoms with Crippen molar-refractivity contribution >= 4 is 27.5 Å². The highest BCUT2D eigenvalue weighted by Crippen LogP contribution is 2.18. The Labute approximate surface area is 108 Å². The van der Waals surface area contributed by atoms with Crippen LogP contribution in [0.2, 0.25) is 0 Å². The van der Waals surface area contributed by atoms with Crippen molar-refractivity contribution in [3.63, 3.8) is 0 Å². The number of ether oxygens (including phenoxy) is 1. The van der Waals surface area contributed by atoms with Gasteiger partial charge in [-0.15, -0.1) is 0 Å². The molecule has 4 nitrogen and oxygen atoms in total. The van der Waals surface area contributed by atoms with Crippen molar-refractivity contribution < 1.29 is 13.9 Å². The first kappa shape index (κ1) is 13.9. The smallest absolute Gasteiger partial charge is 0.239 e. The van der Waals surface area contributed by atoms with Crippen LogP contribution in [-0.2, 0) is 9.53 Å². The van der Waals surface area contributed by atoms with E-state index >= 15 is 0 Å². The molecule has 1 rings (SSSR count). The normalized spacial score (nSPS) is 10.1. The number of nitrogens with one attached hydrogen (secondary N) is 2. The zero-order valence-corrected chi connectivity index (χ0v) is 11.0. The predicted octanol–water partition coefficient (Wildman–Crippen LogP) is 1.76. The number of hydrogen-bond donors (Lipinski definition) is 2. The van der Waals surface area contributed by atoms with Gasteiger partial charge in [0.2, 0.25) is 5.91 Å². The number of hydrogen-bond acceptors (Lipinski definition) is 3. The van der Waals surface area contributed by atoms with Crippen LogP contribution in [-0.4, -0.2) is 32.7 Å². The summed E-state index contributed by atoms with van der Waals surface area (Å²) in [5, 5.41) is 5.34. The van der Waals surface area contributed by atoms with E-state index in [9.17, 15) is 9.18 Å². The van der Waals surface area contributed by atoms with Crippen LogP contribution in [0.5, 0.6) is 0 Å². The van der Waals surface area contributed by atoms with Crippen LogP contribution in [0, 0.1) is 5.82 Å². The number of halogens is 2. The summed E-state index contributed by atoms with van der Waals surface area (Å²) in [5.74, 6) is -0.603. The van der Waals surface area contributed by atoms with Gasteiger partial charge in [-0.3, -0.25) is 4.79 Å². The van der Waals surface area contributed by atoms with Crippen molar-refractivity contribution in [1.29, 1.82) is 0 Å². The zero-order valence-electron chi connectivity index (χ0n) is 9.43. The van der Waals surface area contributed by atoms with Crippen LogP contribution < -0.4 is 10.6 Å². The molecule has 0 radical (unpaired) electrons. The highest BCUT2D eigenvalue weighted by molar-refractivity contribution is 9.10. The monoisotopic (exact) mass is 304 g/mol. The van der Waals surface area contributed by atoms with Gasteiger partial charge in [0.15, 0.2) is 0 Å². The van der Waals surface area contributed by atoms with Crippen LogP contribution in [0.25, 0.3) is 0 Å². The Bertz CT molecular complexity index is 388. The fourth-order valence-electron chi connectivity index (χ4n) is 1.16. The minimum Gasteiger partial charge on any atom is -0.383 e. The van der Waals surface area contributed by atoms with E-state index < -0.39 is 5.82 Å². The first-order chi connectivity index (χ1) is 8.13. The molecular formula is C11H14BrFN2O2. The van der Waals surface area contributed by atoms with Crippen molar-refractivity contribution in [3.8, 4) is 0 Å². The Kier molecular flexibility index (Phi) is 5.93. The second-order valence-electron chi connectivity index (χ2n) is 3.32. The molecule has 0 spiro atoms. The van der Waals surface area contributed by atoms with Crippen LogP contribution in [0.15, 0.2) is 22.7 Å². The summed E-state index contributed by atoms with van der Waals surface area (Å²) < 4.78 is 18.8. The average molecular weight is 305 g/mol. The predicted molar refractivity (Wildman–Crippen MR) is 67.5 cm³/mol. The molecule has 0 saturated carbocycles. The maximum atomic E-state index is 13.4. The summed E-state index contributed by atoms with van der Waals surface area (Å²) in [6.07, 6.45) is 0. The highest BCUT2D eigenvalue weighted by atomic mass is 79.9. The molecule has 0 unspecified atom stereocenters. The maximum Gasteiger partial charge on any atom is 0.239 e. The largest absolute Gasteiger partial charge is 0.383 e. The molecule has 94 valence electrons. The molecule has 17 heavy (non-hydrogen) atoms. The van der Waals surface area contributed by atoms with Crippen LogP contribution in [0.3, 0.4) is 0 Å². The summed E-state index contributed by atoms with van der Waals surface area (Å²) in [6, 6.07) is 4.61. The van der Waals surface area contributed by atoms with Gasteiger partial charge < -0.3 is 15.4 Å². The minimum absolute atomic E-state index is 0.0300. The fourth-order valence-corrected chi connectivity index (χ4v) is 1.50. The van der Waals surface area contributed by atoms with Crippen molar-refractivity contribution in [2.24, 2.45) is 0 Å². The van der Waals surface area contributed by atoms with E-state index in [1.165, 1.54) is 6.07 Å². The van der Waals surface area contributed by atoms with Gasteiger partial charge in [-0.05, 0) is 18.2 Å². The fraction of sp³-hybridized carbons (Fsp3) is 0.364. The number of anilines is 1. The third-order valence-electron chi connectivity index (χ3n) is 2.00. The van der Waals surface area contributed by atoms with Gasteiger partial charge in [-0.2, -0.15) is 0 Å². The Balaban J connectivity index is 2.37. The molecule has 0 aliphatic rings. The van der Waals surface area contributed by atoms with E-state index in [0.717, 1.165) is 0 Å². The van der Waals surface area contributed by atoms with Crippen LogP contribution >= 0.6 is 15.9 Å². The number of rotatable bonds is 6. The van der Waals surface area contributed by atoms with E-state index in [4.69, 9.17) is 4.74 Å². The first-order valence-electron chi connectivity index (χ1n) is 5.08. The number of amides is 1. The Hall–Kier alpha value is -1.14. The topological polar surface area (TPSA) is 50.4 Å². The lowest BCUT2D eigenvalue weighted by Gasteiger charge is -2.08. The lowest BCUT2D eigenvalue weighted by Crippen LogP contribution is -2.32. The van der Waals surface area contributed by atoms with Crippen molar-refractivity contribution in [2.45, 2.75) is 0 Å². The molecule has 0 aliphatic heterocycles. The molecule has 0 heterocycles. The van der Waals surface area contributed by atoms with Crippen molar-refractivity contribution in [1.82, 2.24) is 5.32 Å². The summed E-state index contributed by atoms with van der Waals surface area (Å²) in [4.78, 5) is 11.3. The molecule has 0 bridgehead atoms. The molecule has 0 saturated heterocycles.